The lowest BCUT2D eigenvalue weighted by molar-refractivity contribution is 0.0319. The van der Waals surface area contributed by atoms with Crippen molar-refractivity contribution in [3.8, 4) is 0 Å². The summed E-state index contributed by atoms with van der Waals surface area (Å²) < 4.78 is 33.8. The van der Waals surface area contributed by atoms with Gasteiger partial charge in [-0.15, -0.1) is 0 Å². The maximum atomic E-state index is 12.2. The fourth-order valence-electron chi connectivity index (χ4n) is 2.75. The zero-order valence-corrected chi connectivity index (χ0v) is 12.4. The van der Waals surface area contributed by atoms with Gasteiger partial charge >= 0.3 is 5.97 Å². The number of carbonyl (C=O) groups is 1. The van der Waals surface area contributed by atoms with E-state index in [4.69, 9.17) is 9.15 Å². The predicted octanol–water partition coefficient (Wildman–Crippen LogP) is 2.56. The van der Waals surface area contributed by atoms with Crippen molar-refractivity contribution in [1.29, 1.82) is 0 Å². The van der Waals surface area contributed by atoms with E-state index in [9.17, 15) is 13.2 Å². The van der Waals surface area contributed by atoms with Gasteiger partial charge in [0.05, 0.1) is 5.25 Å². The molecule has 1 aromatic carbocycles. The molecule has 2 aromatic rings. The van der Waals surface area contributed by atoms with Crippen LogP contribution < -0.4 is 0 Å². The average molecular weight is 308 g/mol. The molecular formula is C15H16O5S. The maximum Gasteiger partial charge on any atom is 0.342 e. The molecule has 5 nitrogen and oxygen atoms in total. The molecule has 0 saturated heterocycles. The Balaban J connectivity index is 1.73. The lowest BCUT2D eigenvalue weighted by Gasteiger charge is -2.11. The fraction of sp³-hybridized carbons (Fsp3) is 0.400. The summed E-state index contributed by atoms with van der Waals surface area (Å²) in [5, 5.41) is 0.302. The van der Waals surface area contributed by atoms with E-state index < -0.39 is 21.1 Å². The summed E-state index contributed by atoms with van der Waals surface area (Å²) in [4.78, 5) is 12.2. The molecule has 1 fully saturated rings. The van der Waals surface area contributed by atoms with E-state index in [-0.39, 0.29) is 6.10 Å². The van der Waals surface area contributed by atoms with Crippen LogP contribution in [-0.4, -0.2) is 32.0 Å². The number of carbonyl (C=O) groups excluding carboxylic acids is 1. The molecule has 1 saturated carbocycles. The molecule has 0 N–H and O–H groups in total. The van der Waals surface area contributed by atoms with Crippen LogP contribution in [0.15, 0.2) is 34.9 Å². The molecule has 6 heteroatoms. The van der Waals surface area contributed by atoms with E-state index >= 15 is 0 Å². The number of fused-ring (bicyclic) bond motifs is 1. The first-order valence-corrected chi connectivity index (χ1v) is 8.76. The number of sulfone groups is 1. The highest BCUT2D eigenvalue weighted by Crippen LogP contribution is 2.29. The van der Waals surface area contributed by atoms with Gasteiger partial charge in [0.2, 0.25) is 0 Å². The zero-order valence-electron chi connectivity index (χ0n) is 11.6. The monoisotopic (exact) mass is 308 g/mol. The van der Waals surface area contributed by atoms with E-state index in [0.29, 0.717) is 35.8 Å². The van der Waals surface area contributed by atoms with Gasteiger partial charge in [0.1, 0.15) is 33.4 Å². The summed E-state index contributed by atoms with van der Waals surface area (Å²) in [6, 6.07) is 7.23. The quantitative estimate of drug-likeness (QED) is 0.815. The second-order valence-electron chi connectivity index (χ2n) is 5.44. The van der Waals surface area contributed by atoms with Crippen LogP contribution in [0.2, 0.25) is 0 Å². The number of esters is 1. The van der Waals surface area contributed by atoms with Gasteiger partial charge in [-0.25, -0.2) is 13.2 Å². The summed E-state index contributed by atoms with van der Waals surface area (Å²) in [6.45, 7) is 0. The molecule has 1 aliphatic rings. The molecular weight excluding hydrogens is 292 g/mol. The summed E-state index contributed by atoms with van der Waals surface area (Å²) in [5.41, 5.74) is 1.01. The van der Waals surface area contributed by atoms with E-state index in [0.717, 1.165) is 0 Å². The average Bonchev–Trinajstić information content (AvgIpc) is 3.03. The van der Waals surface area contributed by atoms with E-state index in [1.54, 1.807) is 12.1 Å². The normalized spacial score (nSPS) is 22.5. The molecule has 0 radical (unpaired) electrons. The Bertz CT molecular complexity index is 774. The highest BCUT2D eigenvalue weighted by atomic mass is 32.2. The van der Waals surface area contributed by atoms with Crippen LogP contribution in [0, 0.1) is 0 Å². The summed E-state index contributed by atoms with van der Waals surface area (Å²) >= 11 is 0. The third kappa shape index (κ3) is 2.81. The van der Waals surface area contributed by atoms with Crippen molar-refractivity contribution in [3.63, 3.8) is 0 Å². The SMILES string of the molecule is CS(=O)(=O)[C@@H]1CC[C@@H](OC(=O)c2coc3ccccc23)C1. The second-order valence-corrected chi connectivity index (χ2v) is 7.76. The van der Waals surface area contributed by atoms with Gasteiger partial charge in [0.25, 0.3) is 0 Å². The molecule has 1 aromatic heterocycles. The van der Waals surface area contributed by atoms with Gasteiger partial charge in [-0.2, -0.15) is 0 Å². The molecule has 3 rings (SSSR count). The molecule has 0 bridgehead atoms. The third-order valence-electron chi connectivity index (χ3n) is 3.92. The van der Waals surface area contributed by atoms with Crippen LogP contribution in [-0.2, 0) is 14.6 Å². The molecule has 1 heterocycles. The maximum absolute atomic E-state index is 12.2. The highest BCUT2D eigenvalue weighted by molar-refractivity contribution is 7.91. The molecule has 0 amide bonds. The molecule has 1 aliphatic carbocycles. The van der Waals surface area contributed by atoms with Crippen molar-refractivity contribution in [3.05, 3.63) is 36.1 Å². The highest BCUT2D eigenvalue weighted by Gasteiger charge is 2.34. The lowest BCUT2D eigenvalue weighted by Crippen LogP contribution is -2.20. The molecule has 2 atom stereocenters. The first-order chi connectivity index (χ1) is 9.95. The fourth-order valence-corrected chi connectivity index (χ4v) is 3.88. The molecule has 0 unspecified atom stereocenters. The number of furan rings is 1. The van der Waals surface area contributed by atoms with Crippen LogP contribution in [0.5, 0.6) is 0 Å². The van der Waals surface area contributed by atoms with E-state index in [1.807, 2.05) is 12.1 Å². The first kappa shape index (κ1) is 14.1. The minimum absolute atomic E-state index is 0.342. The van der Waals surface area contributed by atoms with E-state index in [1.165, 1.54) is 12.5 Å². The van der Waals surface area contributed by atoms with Gasteiger partial charge in [-0.05, 0) is 18.9 Å². The Morgan fingerprint density at radius 2 is 2.05 bits per heavy atom. The van der Waals surface area contributed by atoms with Gasteiger partial charge in [-0.3, -0.25) is 0 Å². The number of rotatable bonds is 3. The Morgan fingerprint density at radius 3 is 2.76 bits per heavy atom. The topological polar surface area (TPSA) is 73.6 Å². The standard InChI is InChI=1S/C15H16O5S/c1-21(17,18)11-7-6-10(8-11)20-15(16)13-9-19-14-5-3-2-4-12(13)14/h2-5,9-11H,6-8H2,1H3/t10-,11-/m1/s1. The van der Waals surface area contributed by atoms with Crippen molar-refractivity contribution < 1.29 is 22.4 Å². The Hall–Kier alpha value is -1.82. The summed E-state index contributed by atoms with van der Waals surface area (Å²) in [7, 11) is -3.07. The van der Waals surface area contributed by atoms with E-state index in [2.05, 4.69) is 0 Å². The van der Waals surface area contributed by atoms with Crippen molar-refractivity contribution >= 4 is 26.8 Å². The van der Waals surface area contributed by atoms with Crippen molar-refractivity contribution in [2.45, 2.75) is 30.6 Å². The minimum Gasteiger partial charge on any atom is -0.463 e. The third-order valence-corrected chi connectivity index (χ3v) is 5.56. The largest absolute Gasteiger partial charge is 0.463 e. The first-order valence-electron chi connectivity index (χ1n) is 6.81. The van der Waals surface area contributed by atoms with Crippen molar-refractivity contribution in [1.82, 2.24) is 0 Å². The summed E-state index contributed by atoms with van der Waals surface area (Å²) in [6.07, 6.45) is 3.77. The van der Waals surface area contributed by atoms with Crippen molar-refractivity contribution in [2.24, 2.45) is 0 Å². The van der Waals surface area contributed by atoms with Gasteiger partial charge in [0, 0.05) is 18.1 Å². The zero-order chi connectivity index (χ0) is 15.0. The van der Waals surface area contributed by atoms with Crippen LogP contribution in [0.3, 0.4) is 0 Å². The van der Waals surface area contributed by atoms with Crippen LogP contribution >= 0.6 is 0 Å². The Kier molecular flexibility index (Phi) is 3.49. The smallest absolute Gasteiger partial charge is 0.342 e. The predicted molar refractivity (Wildman–Crippen MR) is 77.9 cm³/mol. The number of ether oxygens (including phenoxy) is 1. The number of para-hydroxylation sites is 1. The number of hydrogen-bond acceptors (Lipinski definition) is 5. The van der Waals surface area contributed by atoms with Crippen LogP contribution in [0.25, 0.3) is 11.0 Å². The molecule has 112 valence electrons. The number of hydrogen-bond donors (Lipinski definition) is 0. The summed E-state index contributed by atoms with van der Waals surface area (Å²) in [5.74, 6) is -0.459. The lowest BCUT2D eigenvalue weighted by atomic mass is 10.2. The molecule has 0 aliphatic heterocycles. The van der Waals surface area contributed by atoms with Gasteiger partial charge in [0.15, 0.2) is 0 Å². The van der Waals surface area contributed by atoms with Gasteiger partial charge in [-0.1, -0.05) is 18.2 Å². The Morgan fingerprint density at radius 1 is 1.29 bits per heavy atom. The second kappa shape index (κ2) is 5.18. The molecule has 21 heavy (non-hydrogen) atoms. The number of benzene rings is 1. The van der Waals surface area contributed by atoms with Crippen molar-refractivity contribution in [2.75, 3.05) is 6.26 Å². The Labute approximate surface area is 122 Å². The minimum atomic E-state index is -3.07. The van der Waals surface area contributed by atoms with Gasteiger partial charge < -0.3 is 9.15 Å². The van der Waals surface area contributed by atoms with Crippen LogP contribution in [0.1, 0.15) is 29.6 Å². The molecule has 0 spiro atoms. The van der Waals surface area contributed by atoms with Crippen LogP contribution in [0.4, 0.5) is 0 Å².